The molecule has 1 aromatic carbocycles. The monoisotopic (exact) mass is 276 g/mol. The minimum absolute atomic E-state index is 0.151. The number of ether oxygens (including phenoxy) is 1. The van der Waals surface area contributed by atoms with Crippen molar-refractivity contribution in [1.29, 1.82) is 0 Å². The molecule has 0 aromatic heterocycles. The van der Waals surface area contributed by atoms with Crippen LogP contribution in [0.2, 0.25) is 0 Å². The molecule has 4 heteroatoms. The van der Waals surface area contributed by atoms with E-state index >= 15 is 0 Å². The summed E-state index contributed by atoms with van der Waals surface area (Å²) in [7, 11) is 1.69. The molecule has 1 heterocycles. The third-order valence-electron chi connectivity index (χ3n) is 3.77. The number of methoxy groups -OCH3 is 1. The maximum absolute atomic E-state index is 11.8. The fourth-order valence-electron chi connectivity index (χ4n) is 2.51. The standard InChI is InChI=1S/C16H24N2O2/c1-20-12-15-4-2-13(3-5-15)11-18-16(19)7-6-14-8-9-17-10-14/h2-5,14,17H,6-12H2,1H3,(H,18,19). The van der Waals surface area contributed by atoms with Gasteiger partial charge in [0.2, 0.25) is 5.91 Å². The largest absolute Gasteiger partial charge is 0.380 e. The Morgan fingerprint density at radius 2 is 2.10 bits per heavy atom. The van der Waals surface area contributed by atoms with Crippen molar-refractivity contribution in [3.05, 3.63) is 35.4 Å². The van der Waals surface area contributed by atoms with Crippen LogP contribution >= 0.6 is 0 Å². The molecule has 0 bridgehead atoms. The van der Waals surface area contributed by atoms with Crippen molar-refractivity contribution >= 4 is 5.91 Å². The third kappa shape index (κ3) is 4.94. The van der Waals surface area contributed by atoms with Crippen LogP contribution in [0.5, 0.6) is 0 Å². The van der Waals surface area contributed by atoms with Crippen LogP contribution in [0.3, 0.4) is 0 Å². The van der Waals surface area contributed by atoms with Crippen molar-refractivity contribution in [2.24, 2.45) is 5.92 Å². The van der Waals surface area contributed by atoms with E-state index in [9.17, 15) is 4.79 Å². The molecule has 4 nitrogen and oxygen atoms in total. The first-order valence-electron chi connectivity index (χ1n) is 7.32. The molecular formula is C16H24N2O2. The molecular weight excluding hydrogens is 252 g/mol. The zero-order valence-electron chi connectivity index (χ0n) is 12.2. The number of hydrogen-bond donors (Lipinski definition) is 2. The maximum Gasteiger partial charge on any atom is 0.220 e. The van der Waals surface area contributed by atoms with Gasteiger partial charge in [0.1, 0.15) is 0 Å². The molecule has 1 amide bonds. The van der Waals surface area contributed by atoms with Crippen molar-refractivity contribution in [2.75, 3.05) is 20.2 Å². The van der Waals surface area contributed by atoms with Gasteiger partial charge in [0, 0.05) is 20.1 Å². The van der Waals surface area contributed by atoms with Crippen molar-refractivity contribution < 1.29 is 9.53 Å². The number of carbonyl (C=O) groups excluding carboxylic acids is 1. The summed E-state index contributed by atoms with van der Waals surface area (Å²) in [4.78, 5) is 11.8. The van der Waals surface area contributed by atoms with E-state index in [1.807, 2.05) is 24.3 Å². The van der Waals surface area contributed by atoms with Crippen molar-refractivity contribution in [3.63, 3.8) is 0 Å². The second kappa shape index (κ2) is 8.02. The van der Waals surface area contributed by atoms with Gasteiger partial charge in [-0.1, -0.05) is 24.3 Å². The van der Waals surface area contributed by atoms with Gasteiger partial charge in [-0.2, -0.15) is 0 Å². The van der Waals surface area contributed by atoms with E-state index in [1.54, 1.807) is 7.11 Å². The molecule has 0 saturated carbocycles. The van der Waals surface area contributed by atoms with Crippen LogP contribution in [0.1, 0.15) is 30.4 Å². The predicted molar refractivity (Wildman–Crippen MR) is 79.2 cm³/mol. The quantitative estimate of drug-likeness (QED) is 0.799. The highest BCUT2D eigenvalue weighted by Crippen LogP contribution is 2.14. The van der Waals surface area contributed by atoms with E-state index in [-0.39, 0.29) is 5.91 Å². The number of benzene rings is 1. The molecule has 2 rings (SSSR count). The molecule has 1 aliphatic rings. The van der Waals surface area contributed by atoms with Gasteiger partial charge in [-0.05, 0) is 43.0 Å². The maximum atomic E-state index is 11.8. The SMILES string of the molecule is COCc1ccc(CNC(=O)CCC2CCNC2)cc1. The van der Waals surface area contributed by atoms with Gasteiger partial charge in [-0.25, -0.2) is 0 Å². The Hall–Kier alpha value is -1.39. The highest BCUT2D eigenvalue weighted by atomic mass is 16.5. The van der Waals surface area contributed by atoms with Crippen molar-refractivity contribution in [3.8, 4) is 0 Å². The average molecular weight is 276 g/mol. The smallest absolute Gasteiger partial charge is 0.220 e. The number of hydrogen-bond acceptors (Lipinski definition) is 3. The van der Waals surface area contributed by atoms with Crippen LogP contribution in [-0.4, -0.2) is 26.1 Å². The number of amides is 1. The highest BCUT2D eigenvalue weighted by molar-refractivity contribution is 5.75. The van der Waals surface area contributed by atoms with Crippen molar-refractivity contribution in [1.82, 2.24) is 10.6 Å². The molecule has 1 saturated heterocycles. The number of rotatable bonds is 7. The lowest BCUT2D eigenvalue weighted by Crippen LogP contribution is -2.23. The van der Waals surface area contributed by atoms with Gasteiger partial charge in [-0.3, -0.25) is 4.79 Å². The summed E-state index contributed by atoms with van der Waals surface area (Å²) in [5.74, 6) is 0.826. The minimum atomic E-state index is 0.151. The molecule has 1 atom stereocenters. The highest BCUT2D eigenvalue weighted by Gasteiger charge is 2.15. The lowest BCUT2D eigenvalue weighted by Gasteiger charge is -2.09. The van der Waals surface area contributed by atoms with Gasteiger partial charge in [0.15, 0.2) is 0 Å². The van der Waals surface area contributed by atoms with E-state index in [1.165, 1.54) is 6.42 Å². The Kier molecular flexibility index (Phi) is 6.02. The normalized spacial score (nSPS) is 18.1. The summed E-state index contributed by atoms with van der Waals surface area (Å²) < 4.78 is 5.07. The first kappa shape index (κ1) is 15.0. The van der Waals surface area contributed by atoms with Crippen LogP contribution in [0, 0.1) is 5.92 Å². The summed E-state index contributed by atoms with van der Waals surface area (Å²) >= 11 is 0. The molecule has 1 fully saturated rings. The molecule has 1 aromatic rings. The summed E-state index contributed by atoms with van der Waals surface area (Å²) in [5, 5.41) is 6.31. The molecule has 1 aliphatic heterocycles. The van der Waals surface area contributed by atoms with E-state index in [0.717, 1.165) is 30.6 Å². The lowest BCUT2D eigenvalue weighted by molar-refractivity contribution is -0.121. The molecule has 0 spiro atoms. The van der Waals surface area contributed by atoms with Crippen molar-refractivity contribution in [2.45, 2.75) is 32.4 Å². The molecule has 110 valence electrons. The number of carbonyl (C=O) groups is 1. The van der Waals surface area contributed by atoms with Gasteiger partial charge >= 0.3 is 0 Å². The second-order valence-electron chi connectivity index (χ2n) is 5.42. The van der Waals surface area contributed by atoms with Gasteiger partial charge in [-0.15, -0.1) is 0 Å². The van der Waals surface area contributed by atoms with E-state index < -0.39 is 0 Å². The Labute approximate surface area is 120 Å². The number of nitrogens with one attached hydrogen (secondary N) is 2. The topological polar surface area (TPSA) is 50.4 Å². The van der Waals surface area contributed by atoms with Crippen LogP contribution < -0.4 is 10.6 Å². The molecule has 0 aliphatic carbocycles. The van der Waals surface area contributed by atoms with Gasteiger partial charge in [0.05, 0.1) is 6.61 Å². The van der Waals surface area contributed by atoms with Crippen LogP contribution in [0.4, 0.5) is 0 Å². The first-order chi connectivity index (χ1) is 9.78. The Morgan fingerprint density at radius 1 is 1.35 bits per heavy atom. The summed E-state index contributed by atoms with van der Waals surface area (Å²) in [6, 6.07) is 8.15. The Morgan fingerprint density at radius 3 is 2.75 bits per heavy atom. The zero-order chi connectivity index (χ0) is 14.2. The fourth-order valence-corrected chi connectivity index (χ4v) is 2.51. The summed E-state index contributed by atoms with van der Waals surface area (Å²) in [6.07, 6.45) is 2.83. The van der Waals surface area contributed by atoms with E-state index in [4.69, 9.17) is 4.74 Å². The van der Waals surface area contributed by atoms with E-state index in [2.05, 4.69) is 10.6 Å². The lowest BCUT2D eigenvalue weighted by atomic mass is 10.0. The van der Waals surface area contributed by atoms with Crippen LogP contribution in [0.25, 0.3) is 0 Å². The molecule has 2 N–H and O–H groups in total. The average Bonchev–Trinajstić information content (AvgIpc) is 2.98. The molecule has 1 unspecified atom stereocenters. The minimum Gasteiger partial charge on any atom is -0.380 e. The third-order valence-corrected chi connectivity index (χ3v) is 3.77. The fraction of sp³-hybridized carbons (Fsp3) is 0.562. The van der Waals surface area contributed by atoms with Crippen LogP contribution in [0.15, 0.2) is 24.3 Å². The summed E-state index contributed by atoms with van der Waals surface area (Å²) in [5.41, 5.74) is 2.28. The van der Waals surface area contributed by atoms with Gasteiger partial charge < -0.3 is 15.4 Å². The van der Waals surface area contributed by atoms with Crippen LogP contribution in [-0.2, 0) is 22.7 Å². The molecule has 0 radical (unpaired) electrons. The second-order valence-corrected chi connectivity index (χ2v) is 5.42. The van der Waals surface area contributed by atoms with E-state index in [0.29, 0.717) is 25.5 Å². The zero-order valence-corrected chi connectivity index (χ0v) is 12.2. The Bertz CT molecular complexity index is 411. The van der Waals surface area contributed by atoms with Gasteiger partial charge in [0.25, 0.3) is 0 Å². The molecule has 20 heavy (non-hydrogen) atoms. The Balaban J connectivity index is 1.66. The predicted octanol–water partition coefficient (Wildman–Crippen LogP) is 1.84. The first-order valence-corrected chi connectivity index (χ1v) is 7.32. The summed E-state index contributed by atoms with van der Waals surface area (Å²) in [6.45, 7) is 3.39.